The van der Waals surface area contributed by atoms with E-state index in [1.54, 1.807) is 19.1 Å². The lowest BCUT2D eigenvalue weighted by atomic mass is 9.87. The number of aliphatic hydroxyl groups excluding tert-OH is 1. The van der Waals surface area contributed by atoms with Gasteiger partial charge in [-0.15, -0.1) is 0 Å². The van der Waals surface area contributed by atoms with E-state index in [0.29, 0.717) is 11.3 Å². The third-order valence-corrected chi connectivity index (χ3v) is 4.95. The van der Waals surface area contributed by atoms with Gasteiger partial charge in [0, 0.05) is 6.54 Å². The van der Waals surface area contributed by atoms with Crippen molar-refractivity contribution in [2.45, 2.75) is 52.0 Å². The van der Waals surface area contributed by atoms with Crippen LogP contribution < -0.4 is 4.72 Å². The summed E-state index contributed by atoms with van der Waals surface area (Å²) in [5, 5.41) is 9.91. The highest BCUT2D eigenvalue weighted by Gasteiger charge is 2.23. The number of hydrogen-bond acceptors (Lipinski definition) is 3. The first-order valence-corrected chi connectivity index (χ1v) is 8.27. The molecule has 0 unspecified atom stereocenters. The summed E-state index contributed by atoms with van der Waals surface area (Å²) in [6.45, 7) is 9.72. The van der Waals surface area contributed by atoms with Crippen molar-refractivity contribution < 1.29 is 13.5 Å². The number of benzene rings is 1. The third kappa shape index (κ3) is 4.58. The van der Waals surface area contributed by atoms with Crippen molar-refractivity contribution in [3.8, 4) is 0 Å². The fourth-order valence-corrected chi connectivity index (χ4v) is 3.21. The van der Waals surface area contributed by atoms with Crippen LogP contribution in [0.5, 0.6) is 0 Å². The minimum atomic E-state index is -3.51. The summed E-state index contributed by atoms with van der Waals surface area (Å²) < 4.78 is 27.0. The van der Waals surface area contributed by atoms with Crippen LogP contribution in [0.15, 0.2) is 23.1 Å². The maximum Gasteiger partial charge on any atom is 0.240 e. The van der Waals surface area contributed by atoms with E-state index in [-0.39, 0.29) is 12.0 Å². The molecule has 0 radical (unpaired) electrons. The second kappa shape index (κ2) is 6.24. The Bertz CT molecular complexity index is 559. The molecule has 0 spiro atoms. The molecule has 5 heteroatoms. The molecule has 1 atom stereocenters. The summed E-state index contributed by atoms with van der Waals surface area (Å²) in [6.07, 6.45) is -0.141. The summed E-state index contributed by atoms with van der Waals surface area (Å²) in [6, 6.07) is 5.25. The van der Waals surface area contributed by atoms with E-state index in [2.05, 4.69) is 4.72 Å². The number of aliphatic hydroxyl groups is 1. The molecule has 0 aliphatic heterocycles. The summed E-state index contributed by atoms with van der Waals surface area (Å²) >= 11 is 0. The maximum absolute atomic E-state index is 12.2. The quantitative estimate of drug-likeness (QED) is 0.877. The van der Waals surface area contributed by atoms with Gasteiger partial charge in [0.15, 0.2) is 0 Å². The highest BCUT2D eigenvalue weighted by Crippen LogP contribution is 2.21. The lowest BCUT2D eigenvalue weighted by Gasteiger charge is -2.25. The van der Waals surface area contributed by atoms with E-state index >= 15 is 0 Å². The van der Waals surface area contributed by atoms with Crippen LogP contribution in [0, 0.1) is 19.3 Å². The molecule has 0 aliphatic carbocycles. The SMILES string of the molecule is Cc1ccc(S(=O)(=O)NCC[C@H](O)C(C)(C)C)c(C)c1. The Hall–Kier alpha value is -0.910. The van der Waals surface area contributed by atoms with Crippen molar-refractivity contribution >= 4 is 10.0 Å². The highest BCUT2D eigenvalue weighted by atomic mass is 32.2. The van der Waals surface area contributed by atoms with Gasteiger partial charge >= 0.3 is 0 Å². The first kappa shape index (κ1) is 17.1. The van der Waals surface area contributed by atoms with Gasteiger partial charge in [-0.1, -0.05) is 38.5 Å². The molecule has 0 aromatic heterocycles. The smallest absolute Gasteiger partial charge is 0.240 e. The van der Waals surface area contributed by atoms with Crippen molar-refractivity contribution in [3.63, 3.8) is 0 Å². The Morgan fingerprint density at radius 3 is 2.35 bits per heavy atom. The van der Waals surface area contributed by atoms with Crippen molar-refractivity contribution in [2.24, 2.45) is 5.41 Å². The molecule has 0 aliphatic rings. The highest BCUT2D eigenvalue weighted by molar-refractivity contribution is 7.89. The summed E-state index contributed by atoms with van der Waals surface area (Å²) in [7, 11) is -3.51. The van der Waals surface area contributed by atoms with Crippen LogP contribution in [0.25, 0.3) is 0 Å². The van der Waals surface area contributed by atoms with Crippen LogP contribution in [-0.2, 0) is 10.0 Å². The molecule has 1 aromatic carbocycles. The van der Waals surface area contributed by atoms with Crippen molar-refractivity contribution in [1.82, 2.24) is 4.72 Å². The maximum atomic E-state index is 12.2. The monoisotopic (exact) mass is 299 g/mol. The van der Waals surface area contributed by atoms with Gasteiger partial charge < -0.3 is 5.11 Å². The van der Waals surface area contributed by atoms with Gasteiger partial charge in [0.1, 0.15) is 0 Å². The zero-order chi connectivity index (χ0) is 15.6. The van der Waals surface area contributed by atoms with Crippen LogP contribution in [0.4, 0.5) is 0 Å². The average molecular weight is 299 g/mol. The molecule has 0 fully saturated rings. The van der Waals surface area contributed by atoms with Crippen LogP contribution >= 0.6 is 0 Å². The first-order chi connectivity index (χ1) is 9.04. The lowest BCUT2D eigenvalue weighted by molar-refractivity contribution is 0.0571. The molecule has 114 valence electrons. The molecule has 20 heavy (non-hydrogen) atoms. The average Bonchev–Trinajstić information content (AvgIpc) is 2.26. The number of nitrogens with one attached hydrogen (secondary N) is 1. The zero-order valence-electron chi connectivity index (χ0n) is 12.9. The molecule has 2 N–H and O–H groups in total. The number of rotatable bonds is 5. The van der Waals surface area contributed by atoms with E-state index in [4.69, 9.17) is 0 Å². The minimum Gasteiger partial charge on any atom is -0.393 e. The van der Waals surface area contributed by atoms with Crippen LogP contribution in [0.3, 0.4) is 0 Å². The van der Waals surface area contributed by atoms with Gasteiger partial charge in [-0.25, -0.2) is 13.1 Å². The normalized spacial score (nSPS) is 14.3. The van der Waals surface area contributed by atoms with Gasteiger partial charge in [0.25, 0.3) is 0 Å². The van der Waals surface area contributed by atoms with E-state index < -0.39 is 16.1 Å². The topological polar surface area (TPSA) is 66.4 Å². The largest absolute Gasteiger partial charge is 0.393 e. The summed E-state index contributed by atoms with van der Waals surface area (Å²) in [5.74, 6) is 0. The van der Waals surface area contributed by atoms with Gasteiger partial charge in [0.2, 0.25) is 10.0 Å². The predicted molar refractivity (Wildman–Crippen MR) is 81.2 cm³/mol. The second-order valence-corrected chi connectivity index (χ2v) is 8.07. The second-order valence-electron chi connectivity index (χ2n) is 6.34. The van der Waals surface area contributed by atoms with Crippen LogP contribution in [-0.4, -0.2) is 26.2 Å². The van der Waals surface area contributed by atoms with Crippen LogP contribution in [0.2, 0.25) is 0 Å². The lowest BCUT2D eigenvalue weighted by Crippen LogP contribution is -2.32. The molecule has 0 amide bonds. The zero-order valence-corrected chi connectivity index (χ0v) is 13.7. The Morgan fingerprint density at radius 1 is 1.25 bits per heavy atom. The molecule has 1 aromatic rings. The summed E-state index contributed by atoms with van der Waals surface area (Å²) in [5.41, 5.74) is 1.52. The Labute approximate surface area is 122 Å². The van der Waals surface area contributed by atoms with Gasteiger partial charge in [-0.05, 0) is 37.3 Å². The predicted octanol–water partition coefficient (Wildman–Crippen LogP) is 2.38. The molecular formula is C15H25NO3S. The van der Waals surface area contributed by atoms with E-state index in [1.807, 2.05) is 33.8 Å². The molecule has 0 saturated carbocycles. The Balaban J connectivity index is 2.72. The number of hydrogen-bond donors (Lipinski definition) is 2. The Kier molecular flexibility index (Phi) is 5.35. The minimum absolute atomic E-state index is 0.230. The molecule has 0 heterocycles. The molecule has 0 bridgehead atoms. The van der Waals surface area contributed by atoms with Gasteiger partial charge in [0.05, 0.1) is 11.0 Å². The molecule has 1 rings (SSSR count). The van der Waals surface area contributed by atoms with E-state index in [1.165, 1.54) is 0 Å². The Morgan fingerprint density at radius 2 is 1.85 bits per heavy atom. The third-order valence-electron chi connectivity index (χ3n) is 3.33. The molecule has 0 saturated heterocycles. The van der Waals surface area contributed by atoms with Crippen molar-refractivity contribution in [1.29, 1.82) is 0 Å². The fraction of sp³-hybridized carbons (Fsp3) is 0.600. The fourth-order valence-electron chi connectivity index (χ4n) is 1.94. The first-order valence-electron chi connectivity index (χ1n) is 6.79. The van der Waals surface area contributed by atoms with Crippen molar-refractivity contribution in [3.05, 3.63) is 29.3 Å². The number of aryl methyl sites for hydroxylation is 2. The van der Waals surface area contributed by atoms with Gasteiger partial charge in [-0.2, -0.15) is 0 Å². The molecule has 4 nitrogen and oxygen atoms in total. The summed E-state index contributed by atoms with van der Waals surface area (Å²) in [4.78, 5) is 0.299. The van der Waals surface area contributed by atoms with Crippen molar-refractivity contribution in [2.75, 3.05) is 6.54 Å². The van der Waals surface area contributed by atoms with E-state index in [0.717, 1.165) is 11.1 Å². The molecular weight excluding hydrogens is 274 g/mol. The van der Waals surface area contributed by atoms with E-state index in [9.17, 15) is 13.5 Å². The number of sulfonamides is 1. The van der Waals surface area contributed by atoms with Crippen LogP contribution in [0.1, 0.15) is 38.3 Å². The van der Waals surface area contributed by atoms with Gasteiger partial charge in [-0.3, -0.25) is 0 Å². The standard InChI is InChI=1S/C15H25NO3S/c1-11-6-7-13(12(2)10-11)20(18,19)16-9-8-14(17)15(3,4)5/h6-7,10,14,16-17H,8-9H2,1-5H3/t14-/m0/s1.